The lowest BCUT2D eigenvalue weighted by Gasteiger charge is -2.41. The normalized spacial score (nSPS) is 18.7. The van der Waals surface area contributed by atoms with Crippen LogP contribution in [0.2, 0.25) is 0 Å². The number of unbranched alkanes of at least 4 members (excludes halogenated alkanes) is 37. The predicted octanol–water partition coefficient (Wildman–Crippen LogP) is 19.2. The zero-order valence-electron chi connectivity index (χ0n) is 56.8. The predicted molar refractivity (Wildman–Crippen MR) is 370 cm³/mol. The van der Waals surface area contributed by atoms with Crippen LogP contribution in [0.5, 0.6) is 0 Å². The van der Waals surface area contributed by atoms with E-state index in [2.05, 4.69) is 99.0 Å². The highest BCUT2D eigenvalue weighted by Gasteiger charge is 2.47. The monoisotopic (exact) mass is 1240 g/mol. The van der Waals surface area contributed by atoms with Crippen molar-refractivity contribution in [3.8, 4) is 0 Å². The van der Waals surface area contributed by atoms with Crippen molar-refractivity contribution in [3.63, 3.8) is 0 Å². The topological polar surface area (TPSA) is 175 Å². The zero-order chi connectivity index (χ0) is 63.9. The summed E-state index contributed by atoms with van der Waals surface area (Å²) in [4.78, 5) is 26.7. The van der Waals surface area contributed by atoms with Gasteiger partial charge in [0, 0.05) is 6.42 Å². The quantitative estimate of drug-likeness (QED) is 0.0195. The molecule has 0 spiro atoms. The van der Waals surface area contributed by atoms with E-state index in [1.54, 1.807) is 6.08 Å². The molecule has 11 nitrogen and oxygen atoms in total. The Morgan fingerprint density at radius 3 is 1.19 bits per heavy atom. The molecule has 0 saturated carbocycles. The van der Waals surface area contributed by atoms with Gasteiger partial charge in [-0.1, -0.05) is 305 Å². The fourth-order valence-corrected chi connectivity index (χ4v) is 11.2. The summed E-state index contributed by atoms with van der Waals surface area (Å²) in [5.41, 5.74) is 0. The lowest BCUT2D eigenvalue weighted by Crippen LogP contribution is -2.61. The maximum Gasteiger partial charge on any atom is 0.306 e. The molecular weight excluding hydrogens is 1100 g/mol. The van der Waals surface area contributed by atoms with Gasteiger partial charge in [0.1, 0.15) is 24.4 Å². The summed E-state index contributed by atoms with van der Waals surface area (Å²) in [6, 6.07) is -1.03. The number of aliphatic hydroxyl groups is 5. The van der Waals surface area contributed by atoms with Gasteiger partial charge in [-0.05, 0) is 103 Å². The van der Waals surface area contributed by atoms with E-state index in [9.17, 15) is 35.1 Å². The van der Waals surface area contributed by atoms with Crippen LogP contribution in [-0.2, 0) is 23.8 Å². The molecule has 1 saturated heterocycles. The van der Waals surface area contributed by atoms with Crippen LogP contribution in [0.3, 0.4) is 0 Å². The highest BCUT2D eigenvalue weighted by molar-refractivity contribution is 5.80. The van der Waals surface area contributed by atoms with Crippen LogP contribution < -0.4 is 5.32 Å². The van der Waals surface area contributed by atoms with Crippen molar-refractivity contribution in [1.29, 1.82) is 0 Å². The fraction of sp³-hybridized carbons (Fsp3) is 0.792. The SMILES string of the molecule is CCCCC/C=C\C/C=C\C/C=C\C/C=C\CCCCCCCC(=O)OC1C(OCC(NC(=O)C(O)CCCCCCCCCCCCCCCCCC/C=C\C/C=C\CCCCC)C(O)/C=C/CCCCCCCCCCCC)OC(CO)C(O)C1O. The summed E-state index contributed by atoms with van der Waals surface area (Å²) in [6.45, 7) is 5.76. The first-order chi connectivity index (χ1) is 43.2. The second-order valence-corrected chi connectivity index (χ2v) is 25.3. The minimum absolute atomic E-state index is 0.101. The molecule has 88 heavy (non-hydrogen) atoms. The molecule has 0 radical (unpaired) electrons. The molecule has 8 unspecified atom stereocenters. The molecule has 1 heterocycles. The molecule has 11 heteroatoms. The Morgan fingerprint density at radius 2 is 0.784 bits per heavy atom. The van der Waals surface area contributed by atoms with E-state index in [0.717, 1.165) is 96.3 Å². The first-order valence-electron chi connectivity index (χ1n) is 36.9. The van der Waals surface area contributed by atoms with Crippen LogP contribution in [0.1, 0.15) is 329 Å². The average Bonchev–Trinajstić information content (AvgIpc) is 1.36. The van der Waals surface area contributed by atoms with E-state index in [0.29, 0.717) is 12.8 Å². The van der Waals surface area contributed by atoms with Crippen LogP contribution in [-0.4, -0.2) is 99.6 Å². The van der Waals surface area contributed by atoms with Crippen molar-refractivity contribution in [2.45, 2.75) is 378 Å². The van der Waals surface area contributed by atoms with Gasteiger partial charge < -0.3 is 45.1 Å². The van der Waals surface area contributed by atoms with Crippen molar-refractivity contribution < 1.29 is 49.3 Å². The van der Waals surface area contributed by atoms with Crippen LogP contribution in [0.15, 0.2) is 85.1 Å². The number of ether oxygens (including phenoxy) is 3. The summed E-state index contributed by atoms with van der Waals surface area (Å²) >= 11 is 0. The Kier molecular flexibility index (Phi) is 60.2. The van der Waals surface area contributed by atoms with Crippen LogP contribution in [0.25, 0.3) is 0 Å². The van der Waals surface area contributed by atoms with Crippen molar-refractivity contribution in [1.82, 2.24) is 5.32 Å². The van der Waals surface area contributed by atoms with Crippen molar-refractivity contribution in [2.75, 3.05) is 13.2 Å². The average molecular weight is 1240 g/mol. The van der Waals surface area contributed by atoms with E-state index in [1.165, 1.54) is 186 Å². The molecule has 1 amide bonds. The molecule has 1 fully saturated rings. The molecule has 510 valence electrons. The molecule has 1 aliphatic rings. The largest absolute Gasteiger partial charge is 0.454 e. The summed E-state index contributed by atoms with van der Waals surface area (Å²) in [7, 11) is 0. The van der Waals surface area contributed by atoms with Crippen LogP contribution in [0, 0.1) is 0 Å². The number of esters is 1. The Hall–Kier alpha value is -3.16. The van der Waals surface area contributed by atoms with E-state index in [1.807, 2.05) is 6.08 Å². The molecule has 0 aromatic carbocycles. The zero-order valence-corrected chi connectivity index (χ0v) is 56.8. The number of allylic oxidation sites excluding steroid dienone is 13. The number of carbonyl (C=O) groups excluding carboxylic acids is 2. The van der Waals surface area contributed by atoms with Gasteiger partial charge in [0.25, 0.3) is 0 Å². The molecule has 6 N–H and O–H groups in total. The maximum atomic E-state index is 13.5. The van der Waals surface area contributed by atoms with E-state index in [4.69, 9.17) is 14.2 Å². The molecule has 0 aromatic rings. The summed E-state index contributed by atoms with van der Waals surface area (Å²) in [6.07, 6.45) is 74.8. The van der Waals surface area contributed by atoms with E-state index >= 15 is 0 Å². The fourth-order valence-electron chi connectivity index (χ4n) is 11.2. The Morgan fingerprint density at radius 1 is 0.443 bits per heavy atom. The third kappa shape index (κ3) is 50.5. The molecule has 1 aliphatic heterocycles. The molecule has 1 rings (SSSR count). The summed E-state index contributed by atoms with van der Waals surface area (Å²) in [5.74, 6) is -1.21. The number of nitrogens with one attached hydrogen (secondary N) is 1. The van der Waals surface area contributed by atoms with Gasteiger partial charge in [-0.3, -0.25) is 9.59 Å². The van der Waals surface area contributed by atoms with Crippen LogP contribution >= 0.6 is 0 Å². The third-order valence-corrected chi connectivity index (χ3v) is 17.0. The highest BCUT2D eigenvalue weighted by Crippen LogP contribution is 2.26. The summed E-state index contributed by atoms with van der Waals surface area (Å²) in [5, 5.41) is 57.3. The first-order valence-corrected chi connectivity index (χ1v) is 36.9. The second kappa shape index (κ2) is 64.0. The first kappa shape index (κ1) is 82.9. The Labute approximate surface area is 540 Å². The minimum atomic E-state index is -1.63. The lowest BCUT2D eigenvalue weighted by atomic mass is 9.99. The Bertz CT molecular complexity index is 1760. The van der Waals surface area contributed by atoms with Gasteiger partial charge in [-0.15, -0.1) is 0 Å². The lowest BCUT2D eigenvalue weighted by molar-refractivity contribution is -0.305. The standard InChI is InChI=1S/C77H137NO10/c1-4-7-10-13-16-19-22-25-27-29-31-33-34-35-36-37-39-40-42-44-46-49-52-55-58-61-64-70(81)76(85)78-68(69(80)63-60-57-54-51-48-24-21-18-15-12-9-6-3)67-86-77-75(74(84)73(83)71(66-79)87-77)88-72(82)65-62-59-56-53-50-47-45-43-41-38-32-30-28-26-23-20-17-14-11-8-5-2/h16-17,19-20,25-28,32,38,43,45,60,63,68-71,73-75,77,79-81,83-84H,4-15,18,21-24,29-31,33-37,39-42,44,46-59,61-62,64-67H2,1-3H3,(H,78,85)/b19-16-,20-17-,27-25-,28-26-,38-32-,45-43-,63-60+. The minimum Gasteiger partial charge on any atom is -0.454 e. The van der Waals surface area contributed by atoms with E-state index in [-0.39, 0.29) is 19.4 Å². The Balaban J connectivity index is 2.56. The number of hydrogen-bond donors (Lipinski definition) is 6. The number of amides is 1. The van der Waals surface area contributed by atoms with Gasteiger partial charge in [0.15, 0.2) is 12.4 Å². The molecule has 0 bridgehead atoms. The number of hydrogen-bond acceptors (Lipinski definition) is 10. The molecule has 0 aliphatic carbocycles. The smallest absolute Gasteiger partial charge is 0.306 e. The van der Waals surface area contributed by atoms with Gasteiger partial charge in [0.05, 0.1) is 25.4 Å². The molecular formula is C77H137NO10. The van der Waals surface area contributed by atoms with Gasteiger partial charge >= 0.3 is 5.97 Å². The highest BCUT2D eigenvalue weighted by atomic mass is 16.7. The van der Waals surface area contributed by atoms with Crippen molar-refractivity contribution >= 4 is 11.9 Å². The van der Waals surface area contributed by atoms with Gasteiger partial charge in [0.2, 0.25) is 5.91 Å². The molecule has 8 atom stereocenters. The van der Waals surface area contributed by atoms with Crippen LogP contribution in [0.4, 0.5) is 0 Å². The third-order valence-electron chi connectivity index (χ3n) is 17.0. The van der Waals surface area contributed by atoms with Gasteiger partial charge in [-0.25, -0.2) is 0 Å². The summed E-state index contributed by atoms with van der Waals surface area (Å²) < 4.78 is 17.7. The maximum absolute atomic E-state index is 13.5. The molecule has 0 aromatic heterocycles. The van der Waals surface area contributed by atoms with Crippen molar-refractivity contribution in [2.24, 2.45) is 0 Å². The van der Waals surface area contributed by atoms with Crippen molar-refractivity contribution in [3.05, 3.63) is 85.1 Å². The van der Waals surface area contributed by atoms with Gasteiger partial charge in [-0.2, -0.15) is 0 Å². The number of carbonyl (C=O) groups is 2. The second-order valence-electron chi connectivity index (χ2n) is 25.3. The number of rotatable bonds is 63. The van der Waals surface area contributed by atoms with E-state index < -0.39 is 67.4 Å². The number of aliphatic hydroxyl groups excluding tert-OH is 5.